The van der Waals surface area contributed by atoms with Gasteiger partial charge >= 0.3 is 5.97 Å². The van der Waals surface area contributed by atoms with Crippen LogP contribution in [-0.4, -0.2) is 135 Å². The molecule has 2 rings (SSSR count). The molecule has 0 saturated carbocycles. The van der Waals surface area contributed by atoms with Crippen LogP contribution in [0.1, 0.15) is 6.92 Å². The van der Waals surface area contributed by atoms with E-state index in [0.29, 0.717) is 0 Å². The molecule has 2 heterocycles. The summed E-state index contributed by atoms with van der Waals surface area (Å²) in [4.78, 5) is 22.7. The molecule has 10 N–H and O–H groups in total. The molecule has 186 valence electrons. The monoisotopic (exact) mass is 470 g/mol. The van der Waals surface area contributed by atoms with Crippen LogP contribution in [0.25, 0.3) is 0 Å². The number of carbonyl (C=O) groups excluding carboxylic acids is 1. The van der Waals surface area contributed by atoms with Crippen molar-refractivity contribution in [3.63, 3.8) is 0 Å². The van der Waals surface area contributed by atoms with Gasteiger partial charge in [0.05, 0.1) is 19.8 Å². The Kier molecular flexibility index (Phi) is 9.68. The molecule has 0 aromatic rings. The minimum Gasteiger partial charge on any atom is -0.480 e. The normalized spacial score (nSPS) is 41.1. The van der Waals surface area contributed by atoms with E-state index in [1.807, 2.05) is 0 Å². The van der Waals surface area contributed by atoms with Crippen LogP contribution in [-0.2, 0) is 28.5 Å². The standard InChI is InChI=1S/C17H30N2O13/c1-5(22)19-9-14(32-17-13(26)12(25)10(23)7(2-20)31-17)11(24)8(3-21)30-16(9)29-4-6(18)15(27)28/h6-14,16-17,20-21,23-26H,2-4,18H2,1H3,(H,19,22)(H,27,28)/t6-,7+,8+,9+,10-,11-,12-,13+,14+,16+,17-/m0/s1. The smallest absolute Gasteiger partial charge is 0.322 e. The predicted molar refractivity (Wildman–Crippen MR) is 99.6 cm³/mol. The van der Waals surface area contributed by atoms with Gasteiger partial charge in [-0.3, -0.25) is 9.59 Å². The van der Waals surface area contributed by atoms with Crippen molar-refractivity contribution in [3.8, 4) is 0 Å². The van der Waals surface area contributed by atoms with Crippen LogP contribution >= 0.6 is 0 Å². The van der Waals surface area contributed by atoms with Crippen molar-refractivity contribution in [2.75, 3.05) is 19.8 Å². The number of carboxylic acid groups (broad SMARTS) is 1. The summed E-state index contributed by atoms with van der Waals surface area (Å²) in [6, 6.07) is -2.75. The fraction of sp³-hybridized carbons (Fsp3) is 0.882. The number of hydrogen-bond donors (Lipinski definition) is 9. The first-order valence-electron chi connectivity index (χ1n) is 9.79. The highest BCUT2D eigenvalue weighted by molar-refractivity contribution is 5.73. The van der Waals surface area contributed by atoms with Gasteiger partial charge < -0.3 is 65.7 Å². The quantitative estimate of drug-likeness (QED) is 0.152. The summed E-state index contributed by atoms with van der Waals surface area (Å²) >= 11 is 0. The number of carboxylic acids is 1. The van der Waals surface area contributed by atoms with Gasteiger partial charge in [0.1, 0.15) is 54.8 Å². The van der Waals surface area contributed by atoms with Crippen molar-refractivity contribution in [1.29, 1.82) is 0 Å². The number of aliphatic hydroxyl groups is 6. The number of amides is 1. The van der Waals surface area contributed by atoms with E-state index < -0.39 is 99.1 Å². The summed E-state index contributed by atoms with van der Waals surface area (Å²) in [6.07, 6.45) is -14.1. The Balaban J connectivity index is 2.28. The maximum atomic E-state index is 11.7. The maximum Gasteiger partial charge on any atom is 0.322 e. The summed E-state index contributed by atoms with van der Waals surface area (Å²) < 4.78 is 21.6. The van der Waals surface area contributed by atoms with Gasteiger partial charge in [0, 0.05) is 6.92 Å². The minimum atomic E-state index is -1.81. The first-order valence-corrected chi connectivity index (χ1v) is 9.79. The zero-order chi connectivity index (χ0) is 24.2. The fourth-order valence-electron chi connectivity index (χ4n) is 3.36. The Morgan fingerprint density at radius 3 is 2.06 bits per heavy atom. The van der Waals surface area contributed by atoms with Gasteiger partial charge in [-0.1, -0.05) is 0 Å². The third-order valence-corrected chi connectivity index (χ3v) is 5.12. The molecule has 0 aromatic carbocycles. The highest BCUT2D eigenvalue weighted by atomic mass is 16.7. The Labute approximate surface area is 182 Å². The van der Waals surface area contributed by atoms with E-state index in [0.717, 1.165) is 6.92 Å². The van der Waals surface area contributed by atoms with Crippen LogP contribution in [0.15, 0.2) is 0 Å². The summed E-state index contributed by atoms with van der Waals surface area (Å²) in [5.41, 5.74) is 5.41. The van der Waals surface area contributed by atoms with Gasteiger partial charge in [0.2, 0.25) is 5.91 Å². The zero-order valence-electron chi connectivity index (χ0n) is 17.1. The van der Waals surface area contributed by atoms with Gasteiger partial charge in [-0.15, -0.1) is 0 Å². The van der Waals surface area contributed by atoms with Crippen LogP contribution in [0, 0.1) is 0 Å². The summed E-state index contributed by atoms with van der Waals surface area (Å²) in [5.74, 6) is -1.99. The lowest BCUT2D eigenvalue weighted by molar-refractivity contribution is -0.344. The first kappa shape index (κ1) is 26.7. The predicted octanol–water partition coefficient (Wildman–Crippen LogP) is -5.82. The number of aliphatic hydroxyl groups excluding tert-OH is 6. The molecule has 15 heteroatoms. The second-order valence-electron chi connectivity index (χ2n) is 7.52. The number of ether oxygens (including phenoxy) is 4. The Hall–Kier alpha value is -1.50. The van der Waals surface area contributed by atoms with E-state index in [-0.39, 0.29) is 0 Å². The van der Waals surface area contributed by atoms with Gasteiger partial charge in [0.15, 0.2) is 12.6 Å². The van der Waals surface area contributed by atoms with E-state index >= 15 is 0 Å². The van der Waals surface area contributed by atoms with Crippen LogP contribution in [0.2, 0.25) is 0 Å². The average Bonchev–Trinajstić information content (AvgIpc) is 2.74. The molecule has 0 aromatic heterocycles. The van der Waals surface area contributed by atoms with E-state index in [1.54, 1.807) is 0 Å². The van der Waals surface area contributed by atoms with E-state index in [9.17, 15) is 40.2 Å². The first-order chi connectivity index (χ1) is 15.0. The number of hydrogen-bond acceptors (Lipinski definition) is 13. The van der Waals surface area contributed by atoms with E-state index in [4.69, 9.17) is 29.8 Å². The molecule has 11 atom stereocenters. The number of nitrogens with one attached hydrogen (secondary N) is 1. The van der Waals surface area contributed by atoms with E-state index in [1.165, 1.54) is 0 Å². The second kappa shape index (κ2) is 11.6. The number of carbonyl (C=O) groups is 2. The topological polar surface area (TPSA) is 251 Å². The van der Waals surface area contributed by atoms with Crippen molar-refractivity contribution < 1.29 is 64.3 Å². The molecule has 0 radical (unpaired) electrons. The largest absolute Gasteiger partial charge is 0.480 e. The molecule has 2 aliphatic rings. The average molecular weight is 470 g/mol. The molecule has 1 amide bonds. The molecule has 15 nitrogen and oxygen atoms in total. The molecule has 2 aliphatic heterocycles. The van der Waals surface area contributed by atoms with Crippen molar-refractivity contribution in [2.45, 2.75) is 74.3 Å². The Morgan fingerprint density at radius 2 is 1.53 bits per heavy atom. The zero-order valence-corrected chi connectivity index (χ0v) is 17.1. The van der Waals surface area contributed by atoms with Crippen molar-refractivity contribution in [3.05, 3.63) is 0 Å². The highest BCUT2D eigenvalue weighted by Crippen LogP contribution is 2.29. The SMILES string of the molecule is CC(=O)N[C@H]1[C@H](OC[C@H](N)C(=O)O)O[C@H](CO)[C@H](O)[C@@H]1O[C@@H]1O[C@H](CO)[C@H](O)[C@H](O)[C@H]1O. The second-order valence-corrected chi connectivity index (χ2v) is 7.52. The fourth-order valence-corrected chi connectivity index (χ4v) is 3.36. The van der Waals surface area contributed by atoms with Crippen LogP contribution < -0.4 is 11.1 Å². The van der Waals surface area contributed by atoms with Crippen LogP contribution in [0.3, 0.4) is 0 Å². The lowest BCUT2D eigenvalue weighted by Gasteiger charge is -2.47. The summed E-state index contributed by atoms with van der Waals surface area (Å²) in [5, 5.41) is 70.9. The van der Waals surface area contributed by atoms with Crippen molar-refractivity contribution in [1.82, 2.24) is 5.32 Å². The van der Waals surface area contributed by atoms with Crippen LogP contribution in [0.4, 0.5) is 0 Å². The Morgan fingerprint density at radius 1 is 0.969 bits per heavy atom. The van der Waals surface area contributed by atoms with Crippen LogP contribution in [0.5, 0.6) is 0 Å². The highest BCUT2D eigenvalue weighted by Gasteiger charge is 2.51. The Bertz CT molecular complexity index is 638. The molecule has 0 aliphatic carbocycles. The maximum absolute atomic E-state index is 11.7. The molecule has 2 saturated heterocycles. The van der Waals surface area contributed by atoms with Gasteiger partial charge in [-0.2, -0.15) is 0 Å². The molecule has 0 bridgehead atoms. The number of nitrogens with two attached hydrogens (primary N) is 1. The summed E-state index contributed by atoms with van der Waals surface area (Å²) in [7, 11) is 0. The molecule has 0 spiro atoms. The lowest BCUT2D eigenvalue weighted by Crippen LogP contribution is -2.68. The van der Waals surface area contributed by atoms with Crippen molar-refractivity contribution in [2.24, 2.45) is 5.73 Å². The summed E-state index contributed by atoms with van der Waals surface area (Å²) in [6.45, 7) is -0.881. The third-order valence-electron chi connectivity index (χ3n) is 5.12. The number of rotatable bonds is 9. The van der Waals surface area contributed by atoms with Gasteiger partial charge in [-0.05, 0) is 0 Å². The molecule has 2 fully saturated rings. The minimum absolute atomic E-state index is 0.558. The third kappa shape index (κ3) is 6.09. The molecule has 0 unspecified atom stereocenters. The van der Waals surface area contributed by atoms with E-state index in [2.05, 4.69) is 5.32 Å². The number of aliphatic carboxylic acids is 1. The molecular weight excluding hydrogens is 440 g/mol. The van der Waals surface area contributed by atoms with Crippen molar-refractivity contribution >= 4 is 11.9 Å². The van der Waals surface area contributed by atoms with Gasteiger partial charge in [-0.25, -0.2) is 0 Å². The molecular formula is C17H30N2O13. The van der Waals surface area contributed by atoms with Gasteiger partial charge in [0.25, 0.3) is 0 Å². The molecule has 32 heavy (non-hydrogen) atoms. The lowest BCUT2D eigenvalue weighted by atomic mass is 9.95.